The predicted molar refractivity (Wildman–Crippen MR) is 137 cm³/mol. The highest BCUT2D eigenvalue weighted by Gasteiger charge is 2.17. The van der Waals surface area contributed by atoms with E-state index in [9.17, 15) is 4.79 Å². The molecule has 0 aliphatic carbocycles. The van der Waals surface area contributed by atoms with Gasteiger partial charge in [-0.3, -0.25) is 15.0 Å². The molecule has 3 aromatic rings. The largest absolute Gasteiger partial charge is 0.497 e. The molecular weight excluding hydrogens is 432 g/mol. The van der Waals surface area contributed by atoms with Gasteiger partial charge in [-0.1, -0.05) is 30.3 Å². The summed E-state index contributed by atoms with van der Waals surface area (Å²) in [5, 5.41) is 6.05. The highest BCUT2D eigenvalue weighted by molar-refractivity contribution is 7.80. The molecule has 33 heavy (non-hydrogen) atoms. The zero-order valence-corrected chi connectivity index (χ0v) is 19.5. The number of ether oxygens (including phenoxy) is 1. The van der Waals surface area contributed by atoms with Gasteiger partial charge in [-0.15, -0.1) is 0 Å². The number of amides is 1. The molecule has 3 aromatic carbocycles. The highest BCUT2D eigenvalue weighted by Crippen LogP contribution is 2.20. The Hall–Kier alpha value is -3.42. The van der Waals surface area contributed by atoms with E-state index in [0.717, 1.165) is 38.4 Å². The Morgan fingerprint density at radius 3 is 2.21 bits per heavy atom. The number of anilines is 2. The molecule has 7 heteroatoms. The molecule has 0 atom stereocenters. The number of methoxy groups -OCH3 is 1. The first-order valence-corrected chi connectivity index (χ1v) is 11.4. The maximum absolute atomic E-state index is 12.4. The van der Waals surface area contributed by atoms with Crippen LogP contribution in [0.4, 0.5) is 11.4 Å². The summed E-state index contributed by atoms with van der Waals surface area (Å²) in [5.41, 5.74) is 3.90. The number of nitrogens with one attached hydrogen (secondary N) is 2. The van der Waals surface area contributed by atoms with Crippen LogP contribution in [-0.2, 0) is 6.54 Å². The van der Waals surface area contributed by atoms with Gasteiger partial charge in [0.15, 0.2) is 5.11 Å². The molecule has 1 fully saturated rings. The van der Waals surface area contributed by atoms with Crippen LogP contribution in [0.15, 0.2) is 78.9 Å². The van der Waals surface area contributed by atoms with Crippen LogP contribution in [0.2, 0.25) is 0 Å². The first-order chi connectivity index (χ1) is 16.1. The Kier molecular flexibility index (Phi) is 7.55. The van der Waals surface area contributed by atoms with Crippen LogP contribution >= 0.6 is 12.2 Å². The number of piperazine rings is 1. The number of carbonyl (C=O) groups excluding carboxylic acids is 1. The fraction of sp³-hybridized carbons (Fsp3) is 0.231. The number of nitrogens with zero attached hydrogens (tertiary/aromatic N) is 2. The maximum Gasteiger partial charge on any atom is 0.257 e. The second kappa shape index (κ2) is 10.9. The molecular formula is C26H28N4O2S. The van der Waals surface area contributed by atoms with Gasteiger partial charge in [-0.25, -0.2) is 0 Å². The number of rotatable bonds is 6. The monoisotopic (exact) mass is 460 g/mol. The number of hydrogen-bond donors (Lipinski definition) is 2. The van der Waals surface area contributed by atoms with E-state index in [2.05, 4.69) is 62.9 Å². The lowest BCUT2D eigenvalue weighted by Crippen LogP contribution is -2.45. The van der Waals surface area contributed by atoms with Crippen LogP contribution < -0.4 is 20.3 Å². The lowest BCUT2D eigenvalue weighted by molar-refractivity contribution is 0.0977. The van der Waals surface area contributed by atoms with Crippen molar-refractivity contribution in [1.82, 2.24) is 10.2 Å². The fourth-order valence-electron chi connectivity index (χ4n) is 3.84. The highest BCUT2D eigenvalue weighted by atomic mass is 32.1. The molecule has 1 aliphatic heterocycles. The Morgan fingerprint density at radius 2 is 1.58 bits per heavy atom. The predicted octanol–water partition coefficient (Wildman–Crippen LogP) is 4.14. The molecule has 1 aliphatic rings. The first kappa shape index (κ1) is 22.8. The summed E-state index contributed by atoms with van der Waals surface area (Å²) in [6.07, 6.45) is 0. The minimum Gasteiger partial charge on any atom is -0.497 e. The Balaban J connectivity index is 1.25. The van der Waals surface area contributed by atoms with E-state index < -0.39 is 0 Å². The van der Waals surface area contributed by atoms with Crippen LogP contribution in [0.5, 0.6) is 5.75 Å². The molecule has 0 aromatic heterocycles. The van der Waals surface area contributed by atoms with Gasteiger partial charge in [0.25, 0.3) is 5.91 Å². The Bertz CT molecular complexity index is 1060. The minimum atomic E-state index is -0.264. The normalized spacial score (nSPS) is 13.9. The van der Waals surface area contributed by atoms with Gasteiger partial charge in [0.2, 0.25) is 0 Å². The molecule has 6 nitrogen and oxygen atoms in total. The zero-order chi connectivity index (χ0) is 23.0. The molecule has 0 saturated carbocycles. The van der Waals surface area contributed by atoms with E-state index in [0.29, 0.717) is 11.3 Å². The Labute approximate surface area is 200 Å². The summed E-state index contributed by atoms with van der Waals surface area (Å²) in [6.45, 7) is 5.07. The smallest absolute Gasteiger partial charge is 0.257 e. The molecule has 2 N–H and O–H groups in total. The van der Waals surface area contributed by atoms with Crippen LogP contribution in [0, 0.1) is 0 Å². The average molecular weight is 461 g/mol. The zero-order valence-electron chi connectivity index (χ0n) is 18.7. The summed E-state index contributed by atoms with van der Waals surface area (Å²) >= 11 is 5.30. The maximum atomic E-state index is 12.4. The summed E-state index contributed by atoms with van der Waals surface area (Å²) < 4.78 is 5.12. The van der Waals surface area contributed by atoms with Gasteiger partial charge in [0.05, 0.1) is 7.11 Å². The van der Waals surface area contributed by atoms with Gasteiger partial charge in [0.1, 0.15) is 5.75 Å². The third-order valence-corrected chi connectivity index (χ3v) is 5.90. The van der Waals surface area contributed by atoms with Crippen LogP contribution in [0.25, 0.3) is 0 Å². The molecule has 0 bridgehead atoms. The second-order valence-electron chi connectivity index (χ2n) is 7.93. The van der Waals surface area contributed by atoms with E-state index >= 15 is 0 Å². The van der Waals surface area contributed by atoms with Crippen molar-refractivity contribution < 1.29 is 9.53 Å². The molecule has 1 amide bonds. The van der Waals surface area contributed by atoms with E-state index in [-0.39, 0.29) is 11.0 Å². The van der Waals surface area contributed by atoms with Crippen molar-refractivity contribution in [2.45, 2.75) is 6.54 Å². The number of thiocarbonyl (C=S) groups is 1. The third-order valence-electron chi connectivity index (χ3n) is 5.69. The number of hydrogen-bond acceptors (Lipinski definition) is 5. The molecule has 170 valence electrons. The standard InChI is InChI=1S/C26H28N4O2S/c1-32-24-13-7-21(8-14-24)25(31)28-26(33)27-22-9-11-23(12-10-22)30-17-15-29(16-18-30)19-20-5-3-2-4-6-20/h2-14H,15-19H2,1H3,(H2,27,28,31,33). The number of benzene rings is 3. The van der Waals surface area contributed by atoms with Crippen LogP contribution in [0.3, 0.4) is 0 Å². The van der Waals surface area contributed by atoms with Crippen LogP contribution in [-0.4, -0.2) is 49.2 Å². The van der Waals surface area contributed by atoms with Crippen molar-refractivity contribution in [3.8, 4) is 5.75 Å². The van der Waals surface area contributed by atoms with E-state index in [4.69, 9.17) is 17.0 Å². The van der Waals surface area contributed by atoms with Gasteiger partial charge >= 0.3 is 0 Å². The number of carbonyl (C=O) groups is 1. The Morgan fingerprint density at radius 1 is 0.909 bits per heavy atom. The van der Waals surface area contributed by atoms with Crippen molar-refractivity contribution in [1.29, 1.82) is 0 Å². The van der Waals surface area contributed by atoms with Crippen molar-refractivity contribution >= 4 is 34.6 Å². The van der Waals surface area contributed by atoms with Crippen molar-refractivity contribution in [2.24, 2.45) is 0 Å². The molecule has 1 saturated heterocycles. The quantitative estimate of drug-likeness (QED) is 0.539. The van der Waals surface area contributed by atoms with Gasteiger partial charge < -0.3 is 15.0 Å². The van der Waals surface area contributed by atoms with E-state index in [1.165, 1.54) is 11.3 Å². The molecule has 0 spiro atoms. The average Bonchev–Trinajstić information content (AvgIpc) is 2.85. The van der Waals surface area contributed by atoms with Crippen molar-refractivity contribution in [2.75, 3.05) is 43.5 Å². The molecule has 4 rings (SSSR count). The van der Waals surface area contributed by atoms with Crippen molar-refractivity contribution in [3.63, 3.8) is 0 Å². The minimum absolute atomic E-state index is 0.262. The van der Waals surface area contributed by atoms with Gasteiger partial charge in [-0.05, 0) is 66.3 Å². The SMILES string of the molecule is COc1ccc(C(=O)NC(=S)Nc2ccc(N3CCN(Cc4ccccc4)CC3)cc2)cc1. The molecule has 0 unspecified atom stereocenters. The topological polar surface area (TPSA) is 56.8 Å². The summed E-state index contributed by atoms with van der Waals surface area (Å²) in [6, 6.07) is 25.6. The van der Waals surface area contributed by atoms with Crippen molar-refractivity contribution in [3.05, 3.63) is 90.0 Å². The summed E-state index contributed by atoms with van der Waals surface area (Å²) in [7, 11) is 1.59. The van der Waals surface area contributed by atoms with Gasteiger partial charge in [0, 0.05) is 49.7 Å². The van der Waals surface area contributed by atoms with E-state index in [1.807, 2.05) is 12.1 Å². The lowest BCUT2D eigenvalue weighted by atomic mass is 10.2. The third kappa shape index (κ3) is 6.31. The molecule has 0 radical (unpaired) electrons. The lowest BCUT2D eigenvalue weighted by Gasteiger charge is -2.36. The summed E-state index contributed by atoms with van der Waals surface area (Å²) in [4.78, 5) is 17.2. The summed E-state index contributed by atoms with van der Waals surface area (Å²) in [5.74, 6) is 0.435. The van der Waals surface area contributed by atoms with E-state index in [1.54, 1.807) is 31.4 Å². The van der Waals surface area contributed by atoms with Crippen LogP contribution in [0.1, 0.15) is 15.9 Å². The first-order valence-electron chi connectivity index (χ1n) is 11.0. The molecule has 1 heterocycles. The fourth-order valence-corrected chi connectivity index (χ4v) is 4.05. The van der Waals surface area contributed by atoms with Gasteiger partial charge in [-0.2, -0.15) is 0 Å². The second-order valence-corrected chi connectivity index (χ2v) is 8.34.